The van der Waals surface area contributed by atoms with Gasteiger partial charge < -0.3 is 15.2 Å². The molecule has 1 heterocycles. The van der Waals surface area contributed by atoms with E-state index in [4.69, 9.17) is 0 Å². The lowest BCUT2D eigenvalue weighted by molar-refractivity contribution is 0.587. The maximum absolute atomic E-state index is 11.6. The molecule has 0 saturated heterocycles. The van der Waals surface area contributed by atoms with Crippen molar-refractivity contribution in [2.24, 2.45) is 4.99 Å². The van der Waals surface area contributed by atoms with Crippen molar-refractivity contribution in [1.29, 1.82) is 0 Å². The number of sulfonamides is 1. The van der Waals surface area contributed by atoms with E-state index in [9.17, 15) is 8.42 Å². The first-order valence-corrected chi connectivity index (χ1v) is 11.0. The van der Waals surface area contributed by atoms with Crippen LogP contribution in [-0.2, 0) is 35.3 Å². The lowest BCUT2D eigenvalue weighted by Gasteiger charge is -2.12. The van der Waals surface area contributed by atoms with E-state index >= 15 is 0 Å². The Morgan fingerprint density at radius 1 is 1.14 bits per heavy atom. The van der Waals surface area contributed by atoms with Crippen LogP contribution in [0, 0.1) is 0 Å². The van der Waals surface area contributed by atoms with Gasteiger partial charge in [-0.15, -0.1) is 34.2 Å². The highest BCUT2D eigenvalue weighted by Gasteiger charge is 2.08. The lowest BCUT2D eigenvalue weighted by atomic mass is 10.1. The van der Waals surface area contributed by atoms with E-state index in [2.05, 4.69) is 37.5 Å². The van der Waals surface area contributed by atoms with Gasteiger partial charge in [0.25, 0.3) is 0 Å². The number of hydrogen-bond acceptors (Lipinski definition) is 5. The predicted octanol–water partition coefficient (Wildman–Crippen LogP) is 1.26. The van der Waals surface area contributed by atoms with E-state index in [-0.39, 0.29) is 29.7 Å². The van der Waals surface area contributed by atoms with Gasteiger partial charge in [-0.3, -0.25) is 0 Å². The normalized spacial score (nSPS) is 11.8. The molecule has 2 rings (SSSR count). The summed E-state index contributed by atoms with van der Waals surface area (Å²) in [6.07, 6.45) is 2.58. The third-order valence-corrected chi connectivity index (χ3v) is 5.45. The van der Waals surface area contributed by atoms with Crippen molar-refractivity contribution in [3.63, 3.8) is 0 Å². The predicted molar refractivity (Wildman–Crippen MR) is 126 cm³/mol. The summed E-state index contributed by atoms with van der Waals surface area (Å²) in [5, 5.41) is 14.5. The Bertz CT molecular complexity index is 867. The molecule has 0 radical (unpaired) electrons. The minimum atomic E-state index is -3.26. The zero-order valence-corrected chi connectivity index (χ0v) is 20.2. The van der Waals surface area contributed by atoms with Crippen molar-refractivity contribution in [1.82, 2.24) is 30.1 Å². The number of hydrogen-bond donors (Lipinski definition) is 3. The summed E-state index contributed by atoms with van der Waals surface area (Å²) in [5.41, 5.74) is 1.75. The second-order valence-corrected chi connectivity index (χ2v) is 8.12. The highest BCUT2D eigenvalue weighted by Crippen LogP contribution is 2.08. The van der Waals surface area contributed by atoms with Gasteiger partial charge in [-0.25, -0.2) is 18.1 Å². The van der Waals surface area contributed by atoms with Crippen molar-refractivity contribution >= 4 is 40.0 Å². The van der Waals surface area contributed by atoms with Crippen molar-refractivity contribution in [2.75, 3.05) is 20.1 Å². The monoisotopic (exact) mass is 535 g/mol. The van der Waals surface area contributed by atoms with Gasteiger partial charge in [-0.05, 0) is 25.1 Å². The zero-order valence-electron chi connectivity index (χ0n) is 17.1. The minimum Gasteiger partial charge on any atom is -0.357 e. The van der Waals surface area contributed by atoms with Crippen LogP contribution in [0.3, 0.4) is 0 Å². The Labute approximate surface area is 189 Å². The topological polar surface area (TPSA) is 113 Å². The van der Waals surface area contributed by atoms with Gasteiger partial charge in [0.1, 0.15) is 12.2 Å². The summed E-state index contributed by atoms with van der Waals surface area (Å²) >= 11 is 0. The van der Waals surface area contributed by atoms with Crippen LogP contribution in [0.25, 0.3) is 0 Å². The van der Waals surface area contributed by atoms with Crippen LogP contribution >= 0.6 is 24.0 Å². The largest absolute Gasteiger partial charge is 0.357 e. The summed E-state index contributed by atoms with van der Waals surface area (Å²) in [5.74, 6) is 1.67. The number of rotatable bonds is 10. The van der Waals surface area contributed by atoms with Gasteiger partial charge in [0.2, 0.25) is 10.0 Å². The van der Waals surface area contributed by atoms with E-state index in [1.165, 1.54) is 7.05 Å². The number of guanidine groups is 1. The highest BCUT2D eigenvalue weighted by molar-refractivity contribution is 14.0. The maximum Gasteiger partial charge on any atom is 0.215 e. The van der Waals surface area contributed by atoms with Crippen molar-refractivity contribution in [3.05, 3.63) is 47.5 Å². The third-order valence-electron chi connectivity index (χ3n) is 4.11. The molecule has 1 aromatic carbocycles. The van der Waals surface area contributed by atoms with E-state index < -0.39 is 10.0 Å². The number of nitrogens with zero attached hydrogens (tertiary/aromatic N) is 4. The second-order valence-electron chi connectivity index (χ2n) is 6.20. The Morgan fingerprint density at radius 2 is 1.83 bits per heavy atom. The number of aromatic nitrogens is 3. The molecule has 0 atom stereocenters. The molecule has 0 aliphatic rings. The van der Waals surface area contributed by atoms with Gasteiger partial charge in [-0.2, -0.15) is 0 Å². The molecule has 11 heteroatoms. The number of halogens is 1. The highest BCUT2D eigenvalue weighted by atomic mass is 127. The number of aliphatic imine (C=N–C) groups is 1. The molecule has 1 aromatic heterocycles. The molecule has 0 aliphatic heterocycles. The van der Waals surface area contributed by atoms with Crippen LogP contribution in [-0.4, -0.2) is 49.3 Å². The first-order valence-electron chi connectivity index (χ1n) is 9.35. The molecule has 0 aliphatic carbocycles. The second kappa shape index (κ2) is 12.8. The molecule has 29 heavy (non-hydrogen) atoms. The first kappa shape index (κ1) is 25.3. The molecule has 0 unspecified atom stereocenters. The fourth-order valence-corrected chi connectivity index (χ4v) is 3.35. The standard InChI is InChI=1S/C18H29N7O2S.HI/c1-4-17-24-23-14-25(17)11-10-21-18(20-5-2)22-12-15-6-8-16(9-7-15)13-28(26,27)19-3;/h6-9,14,19H,4-5,10-13H2,1-3H3,(H2,20,21,22);1H. The molecule has 9 nitrogen and oxygen atoms in total. The van der Waals surface area contributed by atoms with Crippen LogP contribution in [0.15, 0.2) is 35.6 Å². The van der Waals surface area contributed by atoms with Gasteiger partial charge in [0.05, 0.1) is 12.3 Å². The molecule has 0 amide bonds. The molecule has 0 saturated carbocycles. The molecule has 3 N–H and O–H groups in total. The van der Waals surface area contributed by atoms with E-state index in [1.54, 1.807) is 6.33 Å². The summed E-state index contributed by atoms with van der Waals surface area (Å²) in [6, 6.07) is 7.44. The maximum atomic E-state index is 11.6. The zero-order chi connectivity index (χ0) is 20.4. The quantitative estimate of drug-likeness (QED) is 0.240. The number of aryl methyl sites for hydroxylation is 1. The third kappa shape index (κ3) is 8.66. The van der Waals surface area contributed by atoms with E-state index in [0.29, 0.717) is 13.1 Å². The fourth-order valence-electron chi connectivity index (χ4n) is 2.58. The van der Waals surface area contributed by atoms with E-state index in [0.717, 1.165) is 42.4 Å². The smallest absolute Gasteiger partial charge is 0.215 e. The van der Waals surface area contributed by atoms with Crippen molar-refractivity contribution in [3.8, 4) is 0 Å². The van der Waals surface area contributed by atoms with Crippen molar-refractivity contribution in [2.45, 2.75) is 39.1 Å². The Morgan fingerprint density at radius 3 is 2.45 bits per heavy atom. The summed E-state index contributed by atoms with van der Waals surface area (Å²) in [6.45, 7) is 6.80. The lowest BCUT2D eigenvalue weighted by Crippen LogP contribution is -2.38. The Hall–Kier alpha value is -1.73. The summed E-state index contributed by atoms with van der Waals surface area (Å²) in [7, 11) is -1.84. The molecule has 0 fully saturated rings. The van der Waals surface area contributed by atoms with Crippen LogP contribution in [0.2, 0.25) is 0 Å². The fraction of sp³-hybridized carbons (Fsp3) is 0.500. The SMILES string of the molecule is CCNC(=NCc1ccc(CS(=O)(=O)NC)cc1)NCCn1cnnc1CC.I. The molecule has 162 valence electrons. The van der Waals surface area contributed by atoms with Gasteiger partial charge >= 0.3 is 0 Å². The molecule has 0 bridgehead atoms. The van der Waals surface area contributed by atoms with Gasteiger partial charge in [0.15, 0.2) is 5.96 Å². The van der Waals surface area contributed by atoms with Crippen LogP contribution in [0.5, 0.6) is 0 Å². The van der Waals surface area contributed by atoms with Crippen LogP contribution in [0.1, 0.15) is 30.8 Å². The minimum absolute atomic E-state index is 0. The first-order chi connectivity index (χ1) is 13.5. The average Bonchev–Trinajstić information content (AvgIpc) is 3.14. The van der Waals surface area contributed by atoms with Crippen molar-refractivity contribution < 1.29 is 8.42 Å². The van der Waals surface area contributed by atoms with Crippen LogP contribution in [0.4, 0.5) is 0 Å². The number of benzene rings is 1. The molecular weight excluding hydrogens is 505 g/mol. The van der Waals surface area contributed by atoms with E-state index in [1.807, 2.05) is 35.8 Å². The Balaban J connectivity index is 0.00000420. The molecule has 2 aromatic rings. The summed E-state index contributed by atoms with van der Waals surface area (Å²) < 4.78 is 27.6. The average molecular weight is 535 g/mol. The molecular formula is C18H30IN7O2S. The Kier molecular flexibility index (Phi) is 11.1. The van der Waals surface area contributed by atoms with Gasteiger partial charge in [-0.1, -0.05) is 31.2 Å². The van der Waals surface area contributed by atoms with Gasteiger partial charge in [0, 0.05) is 26.1 Å². The number of nitrogens with one attached hydrogen (secondary N) is 3. The van der Waals surface area contributed by atoms with Crippen LogP contribution < -0.4 is 15.4 Å². The summed E-state index contributed by atoms with van der Waals surface area (Å²) in [4.78, 5) is 4.59. The molecule has 0 spiro atoms.